The minimum absolute atomic E-state index is 0.194. The Balaban J connectivity index is 1.63. The first-order valence-electron chi connectivity index (χ1n) is 8.09. The van der Waals surface area contributed by atoms with Crippen LogP contribution in [0.15, 0.2) is 30.6 Å². The average Bonchev–Trinajstić information content (AvgIpc) is 3.04. The number of amides is 1. The highest BCUT2D eigenvalue weighted by atomic mass is 16.1. The number of nitrogens with zero attached hydrogens (tertiary/aromatic N) is 2. The zero-order valence-corrected chi connectivity index (χ0v) is 13.6. The van der Waals surface area contributed by atoms with Crippen LogP contribution in [-0.2, 0) is 0 Å². The number of benzene rings is 1. The number of nitrogens with one attached hydrogen (secondary N) is 2. The normalized spacial score (nSPS) is 14.7. The second kappa shape index (κ2) is 6.77. The van der Waals surface area contributed by atoms with Crippen LogP contribution in [0.25, 0.3) is 0 Å². The van der Waals surface area contributed by atoms with E-state index in [0.717, 1.165) is 11.3 Å². The summed E-state index contributed by atoms with van der Waals surface area (Å²) in [6.45, 7) is 4.07. The van der Waals surface area contributed by atoms with E-state index < -0.39 is 0 Å². The van der Waals surface area contributed by atoms with Crippen LogP contribution < -0.4 is 10.6 Å². The highest BCUT2D eigenvalue weighted by Gasteiger charge is 2.16. The number of hydrogen-bond donors (Lipinski definition) is 2. The maximum absolute atomic E-state index is 12.3. The predicted octanol–water partition coefficient (Wildman–Crippen LogP) is 3.70. The number of carbonyl (C=O) groups is 1. The summed E-state index contributed by atoms with van der Waals surface area (Å²) in [5.74, 6) is 0.403. The van der Waals surface area contributed by atoms with Gasteiger partial charge < -0.3 is 10.6 Å². The van der Waals surface area contributed by atoms with E-state index >= 15 is 0 Å². The lowest BCUT2D eigenvalue weighted by atomic mass is 10.1. The molecule has 0 aliphatic heterocycles. The van der Waals surface area contributed by atoms with Crippen LogP contribution in [0.2, 0.25) is 0 Å². The third-order valence-corrected chi connectivity index (χ3v) is 4.37. The fourth-order valence-corrected chi connectivity index (χ4v) is 2.79. The van der Waals surface area contributed by atoms with E-state index in [2.05, 4.69) is 20.6 Å². The quantitative estimate of drug-likeness (QED) is 0.903. The number of anilines is 2. The smallest absolute Gasteiger partial charge is 0.258 e. The first kappa shape index (κ1) is 15.5. The lowest BCUT2D eigenvalue weighted by molar-refractivity contribution is 0.102. The Morgan fingerprint density at radius 1 is 1.09 bits per heavy atom. The molecule has 2 aromatic rings. The molecule has 1 aromatic heterocycles. The Hall–Kier alpha value is -2.43. The standard InChI is InChI=1S/C18H22N4O/c1-12-7-8-16(9-13(12)2)21-17(23)14-10-19-18(20-11-14)22-15-5-3-4-6-15/h7-11,15H,3-6H2,1-2H3,(H,21,23)(H,19,20,22). The number of hydrogen-bond acceptors (Lipinski definition) is 4. The van der Waals surface area contributed by atoms with Crippen molar-refractivity contribution >= 4 is 17.5 Å². The molecule has 0 saturated heterocycles. The summed E-state index contributed by atoms with van der Waals surface area (Å²) in [4.78, 5) is 20.8. The van der Waals surface area contributed by atoms with Crippen LogP contribution in [0.1, 0.15) is 47.2 Å². The highest BCUT2D eigenvalue weighted by Crippen LogP contribution is 2.20. The molecule has 5 nitrogen and oxygen atoms in total. The topological polar surface area (TPSA) is 66.9 Å². The van der Waals surface area contributed by atoms with Gasteiger partial charge >= 0.3 is 0 Å². The molecule has 0 spiro atoms. The molecule has 5 heteroatoms. The number of aryl methyl sites for hydroxylation is 2. The first-order chi connectivity index (χ1) is 11.1. The van der Waals surface area contributed by atoms with Crippen LogP contribution >= 0.6 is 0 Å². The monoisotopic (exact) mass is 310 g/mol. The van der Waals surface area contributed by atoms with Crippen molar-refractivity contribution in [1.29, 1.82) is 0 Å². The largest absolute Gasteiger partial charge is 0.351 e. The molecule has 1 amide bonds. The minimum Gasteiger partial charge on any atom is -0.351 e. The van der Waals surface area contributed by atoms with Gasteiger partial charge in [0.2, 0.25) is 5.95 Å². The second-order valence-corrected chi connectivity index (χ2v) is 6.17. The fraction of sp³-hybridized carbons (Fsp3) is 0.389. The Morgan fingerprint density at radius 3 is 2.43 bits per heavy atom. The molecule has 0 bridgehead atoms. The summed E-state index contributed by atoms with van der Waals surface area (Å²) in [5.41, 5.74) is 3.59. The van der Waals surface area contributed by atoms with Crippen LogP contribution in [0, 0.1) is 13.8 Å². The van der Waals surface area contributed by atoms with Crippen LogP contribution in [0.4, 0.5) is 11.6 Å². The van der Waals surface area contributed by atoms with E-state index in [0.29, 0.717) is 17.6 Å². The maximum atomic E-state index is 12.3. The van der Waals surface area contributed by atoms with Gasteiger partial charge in [-0.05, 0) is 49.9 Å². The summed E-state index contributed by atoms with van der Waals surface area (Å²) in [6.07, 6.45) is 7.99. The van der Waals surface area contributed by atoms with Gasteiger partial charge in [0.25, 0.3) is 5.91 Å². The van der Waals surface area contributed by atoms with Crippen molar-refractivity contribution in [3.8, 4) is 0 Å². The molecule has 23 heavy (non-hydrogen) atoms. The van der Waals surface area contributed by atoms with E-state index in [9.17, 15) is 4.79 Å². The predicted molar refractivity (Wildman–Crippen MR) is 91.8 cm³/mol. The lowest BCUT2D eigenvalue weighted by Gasteiger charge is -2.11. The summed E-state index contributed by atoms with van der Waals surface area (Å²) in [5, 5.41) is 6.20. The molecular weight excluding hydrogens is 288 g/mol. The Kier molecular flexibility index (Phi) is 4.55. The van der Waals surface area contributed by atoms with E-state index in [1.54, 1.807) is 12.4 Å². The average molecular weight is 310 g/mol. The van der Waals surface area contributed by atoms with Crippen molar-refractivity contribution in [3.63, 3.8) is 0 Å². The van der Waals surface area contributed by atoms with Gasteiger partial charge in [-0.1, -0.05) is 18.9 Å². The maximum Gasteiger partial charge on any atom is 0.258 e. The van der Waals surface area contributed by atoms with E-state index in [1.165, 1.54) is 31.2 Å². The molecule has 1 aliphatic carbocycles. The molecule has 1 saturated carbocycles. The number of carbonyl (C=O) groups excluding carboxylic acids is 1. The van der Waals surface area contributed by atoms with Gasteiger partial charge in [0.05, 0.1) is 5.56 Å². The fourth-order valence-electron chi connectivity index (χ4n) is 2.79. The van der Waals surface area contributed by atoms with E-state index in [4.69, 9.17) is 0 Å². The van der Waals surface area contributed by atoms with Crippen molar-refractivity contribution in [2.24, 2.45) is 0 Å². The molecule has 1 aromatic carbocycles. The molecule has 2 N–H and O–H groups in total. The molecule has 0 unspecified atom stereocenters. The molecule has 1 fully saturated rings. The SMILES string of the molecule is Cc1ccc(NC(=O)c2cnc(NC3CCCC3)nc2)cc1C. The Labute approximate surface area is 136 Å². The summed E-state index contributed by atoms with van der Waals surface area (Å²) in [6, 6.07) is 6.32. The Morgan fingerprint density at radius 2 is 1.78 bits per heavy atom. The van der Waals surface area contributed by atoms with E-state index in [-0.39, 0.29) is 5.91 Å². The van der Waals surface area contributed by atoms with Gasteiger partial charge in [-0.25, -0.2) is 9.97 Å². The van der Waals surface area contributed by atoms with Gasteiger partial charge in [-0.2, -0.15) is 0 Å². The molecule has 0 radical (unpaired) electrons. The second-order valence-electron chi connectivity index (χ2n) is 6.17. The summed E-state index contributed by atoms with van der Waals surface area (Å²) < 4.78 is 0. The van der Waals surface area contributed by atoms with Crippen LogP contribution in [-0.4, -0.2) is 21.9 Å². The summed E-state index contributed by atoms with van der Waals surface area (Å²) in [7, 11) is 0. The van der Waals surface area contributed by atoms with Crippen LogP contribution in [0.5, 0.6) is 0 Å². The van der Waals surface area contributed by atoms with E-state index in [1.807, 2.05) is 32.0 Å². The third-order valence-electron chi connectivity index (χ3n) is 4.37. The highest BCUT2D eigenvalue weighted by molar-refractivity contribution is 6.03. The zero-order valence-electron chi connectivity index (χ0n) is 13.6. The summed E-state index contributed by atoms with van der Waals surface area (Å²) >= 11 is 0. The van der Waals surface area contributed by atoms with Gasteiger partial charge in [0.1, 0.15) is 0 Å². The van der Waals surface area contributed by atoms with Crippen molar-refractivity contribution in [1.82, 2.24) is 9.97 Å². The molecular formula is C18H22N4O. The molecule has 1 heterocycles. The first-order valence-corrected chi connectivity index (χ1v) is 8.09. The van der Waals surface area contributed by atoms with Gasteiger partial charge in [-0.15, -0.1) is 0 Å². The van der Waals surface area contributed by atoms with Crippen molar-refractivity contribution in [2.75, 3.05) is 10.6 Å². The Bertz CT molecular complexity index is 691. The minimum atomic E-state index is -0.194. The third kappa shape index (κ3) is 3.86. The molecule has 3 rings (SSSR count). The van der Waals surface area contributed by atoms with Crippen LogP contribution in [0.3, 0.4) is 0 Å². The molecule has 120 valence electrons. The lowest BCUT2D eigenvalue weighted by Crippen LogP contribution is -2.18. The van der Waals surface area contributed by atoms with Gasteiger partial charge in [0, 0.05) is 24.1 Å². The molecule has 1 aliphatic rings. The van der Waals surface area contributed by atoms with Crippen molar-refractivity contribution in [2.45, 2.75) is 45.6 Å². The van der Waals surface area contributed by atoms with Gasteiger partial charge in [0.15, 0.2) is 0 Å². The zero-order chi connectivity index (χ0) is 16.2. The molecule has 0 atom stereocenters. The number of aromatic nitrogens is 2. The number of rotatable bonds is 4. The van der Waals surface area contributed by atoms with Gasteiger partial charge in [-0.3, -0.25) is 4.79 Å². The van der Waals surface area contributed by atoms with Crippen molar-refractivity contribution in [3.05, 3.63) is 47.3 Å². The van der Waals surface area contributed by atoms with Crippen molar-refractivity contribution < 1.29 is 4.79 Å².